The van der Waals surface area contributed by atoms with E-state index in [9.17, 15) is 0 Å². The number of nitrogens with zero attached hydrogens (tertiary/aromatic N) is 1. The van der Waals surface area contributed by atoms with Gasteiger partial charge in [-0.25, -0.2) is 4.98 Å². The fraction of sp³-hybridized carbons (Fsp3) is 0.545. The van der Waals surface area contributed by atoms with Crippen molar-refractivity contribution in [1.29, 1.82) is 0 Å². The van der Waals surface area contributed by atoms with Crippen molar-refractivity contribution < 1.29 is 0 Å². The minimum atomic E-state index is 0.404. The lowest BCUT2D eigenvalue weighted by Gasteiger charge is -2.40. The number of pyridine rings is 1. The van der Waals surface area contributed by atoms with Gasteiger partial charge in [0.25, 0.3) is 0 Å². The molecule has 0 bridgehead atoms. The number of nitrogens with one attached hydrogen (secondary N) is 1. The summed E-state index contributed by atoms with van der Waals surface area (Å²) in [5.74, 6) is 0.795. The topological polar surface area (TPSA) is 50.9 Å². The first-order valence-electron chi connectivity index (χ1n) is 5.35. The molecule has 1 aliphatic rings. The Balaban J connectivity index is 1.99. The van der Waals surface area contributed by atoms with Gasteiger partial charge in [0.05, 0.1) is 5.69 Å². The molecule has 0 saturated heterocycles. The summed E-state index contributed by atoms with van der Waals surface area (Å²) in [6, 6.07) is 1.88. The number of anilines is 2. The molecule has 0 aromatic carbocycles. The molecule has 1 heterocycles. The second-order valence-corrected chi connectivity index (χ2v) is 6.38. The van der Waals surface area contributed by atoms with Gasteiger partial charge in [-0.05, 0) is 41.1 Å². The van der Waals surface area contributed by atoms with Crippen LogP contribution in [-0.4, -0.2) is 22.5 Å². The molecule has 0 spiro atoms. The second-order valence-electron chi connectivity index (χ2n) is 4.19. The summed E-state index contributed by atoms with van der Waals surface area (Å²) < 4.78 is 1.32. The van der Waals surface area contributed by atoms with Gasteiger partial charge < -0.3 is 11.1 Å². The molecule has 5 heteroatoms. The van der Waals surface area contributed by atoms with Crippen LogP contribution in [0.3, 0.4) is 0 Å². The highest BCUT2D eigenvalue weighted by Gasteiger charge is 2.35. The smallest absolute Gasteiger partial charge is 0.149 e. The Morgan fingerprint density at radius 1 is 1.62 bits per heavy atom. The Hall–Kier alpha value is -0.420. The third kappa shape index (κ3) is 2.46. The Kier molecular flexibility index (Phi) is 3.64. The van der Waals surface area contributed by atoms with Crippen molar-refractivity contribution in [3.05, 3.63) is 16.7 Å². The van der Waals surface area contributed by atoms with Gasteiger partial charge in [-0.2, -0.15) is 11.8 Å². The van der Waals surface area contributed by atoms with E-state index in [0.29, 0.717) is 10.4 Å². The summed E-state index contributed by atoms with van der Waals surface area (Å²) in [6.45, 7) is 0.951. The molecule has 1 aliphatic carbocycles. The van der Waals surface area contributed by atoms with Crippen LogP contribution in [0.1, 0.15) is 19.3 Å². The molecule has 3 nitrogen and oxygen atoms in total. The normalized spacial score (nSPS) is 17.9. The van der Waals surface area contributed by atoms with Crippen molar-refractivity contribution in [3.8, 4) is 0 Å². The predicted molar refractivity (Wildman–Crippen MR) is 74.9 cm³/mol. The van der Waals surface area contributed by atoms with E-state index in [4.69, 9.17) is 5.73 Å². The monoisotopic (exact) mass is 301 g/mol. The van der Waals surface area contributed by atoms with Gasteiger partial charge in [0, 0.05) is 22.0 Å². The Bertz CT molecular complexity index is 374. The molecule has 1 fully saturated rings. The molecule has 2 rings (SSSR count). The van der Waals surface area contributed by atoms with Gasteiger partial charge in [-0.1, -0.05) is 6.42 Å². The summed E-state index contributed by atoms with van der Waals surface area (Å²) in [5.41, 5.74) is 6.59. The molecule has 0 atom stereocenters. The van der Waals surface area contributed by atoms with E-state index in [1.807, 2.05) is 17.8 Å². The van der Waals surface area contributed by atoms with Gasteiger partial charge in [0.2, 0.25) is 0 Å². The summed E-state index contributed by atoms with van der Waals surface area (Å²) in [7, 11) is 0. The van der Waals surface area contributed by atoms with Crippen LogP contribution in [-0.2, 0) is 0 Å². The molecule has 1 aromatic rings. The maximum absolute atomic E-state index is 5.89. The van der Waals surface area contributed by atoms with Crippen LogP contribution in [0.2, 0.25) is 0 Å². The molecule has 1 saturated carbocycles. The van der Waals surface area contributed by atoms with Gasteiger partial charge in [0.15, 0.2) is 0 Å². The summed E-state index contributed by atoms with van der Waals surface area (Å²) in [4.78, 5) is 4.28. The van der Waals surface area contributed by atoms with Crippen LogP contribution in [0.25, 0.3) is 0 Å². The summed E-state index contributed by atoms with van der Waals surface area (Å²) in [5, 5.41) is 3.36. The van der Waals surface area contributed by atoms with Gasteiger partial charge in [-0.3, -0.25) is 0 Å². The number of hydrogen-bond donors (Lipinski definition) is 2. The minimum absolute atomic E-state index is 0.404. The average Bonchev–Trinajstić information content (AvgIpc) is 2.19. The predicted octanol–water partition coefficient (Wildman–Crippen LogP) is 3.12. The van der Waals surface area contributed by atoms with Crippen molar-refractivity contribution in [3.63, 3.8) is 0 Å². The highest BCUT2D eigenvalue weighted by molar-refractivity contribution is 9.10. The van der Waals surface area contributed by atoms with E-state index in [0.717, 1.165) is 16.8 Å². The first-order valence-corrected chi connectivity index (χ1v) is 7.37. The maximum Gasteiger partial charge on any atom is 0.149 e. The van der Waals surface area contributed by atoms with Crippen LogP contribution in [0, 0.1) is 0 Å². The Morgan fingerprint density at radius 3 is 2.88 bits per heavy atom. The molecule has 0 amide bonds. The van der Waals surface area contributed by atoms with Crippen molar-refractivity contribution in [2.24, 2.45) is 0 Å². The third-order valence-electron chi connectivity index (χ3n) is 3.16. The number of hydrogen-bond acceptors (Lipinski definition) is 4. The molecular formula is C11H16BrN3S. The SMILES string of the molecule is CSC1(CNc2ncc(Br)cc2N)CCC1. The zero-order chi connectivity index (χ0) is 11.6. The fourth-order valence-corrected chi connectivity index (χ4v) is 3.13. The third-order valence-corrected chi connectivity index (χ3v) is 5.01. The highest BCUT2D eigenvalue weighted by Crippen LogP contribution is 2.42. The first-order chi connectivity index (χ1) is 7.65. The van der Waals surface area contributed by atoms with E-state index in [-0.39, 0.29) is 0 Å². The molecule has 88 valence electrons. The van der Waals surface area contributed by atoms with Crippen LogP contribution >= 0.6 is 27.7 Å². The fourth-order valence-electron chi connectivity index (χ4n) is 1.87. The number of thioether (sulfide) groups is 1. The number of nitrogens with two attached hydrogens (primary N) is 1. The number of nitrogen functional groups attached to an aromatic ring is 1. The van der Waals surface area contributed by atoms with Crippen molar-refractivity contribution in [2.45, 2.75) is 24.0 Å². The quantitative estimate of drug-likeness (QED) is 0.897. The van der Waals surface area contributed by atoms with Crippen molar-refractivity contribution in [1.82, 2.24) is 4.98 Å². The zero-order valence-corrected chi connectivity index (χ0v) is 11.7. The summed E-state index contributed by atoms with van der Waals surface area (Å²) in [6.07, 6.45) is 7.87. The molecule has 0 unspecified atom stereocenters. The molecule has 0 radical (unpaired) electrons. The van der Waals surface area contributed by atoms with Gasteiger partial charge in [-0.15, -0.1) is 0 Å². The molecule has 1 aromatic heterocycles. The van der Waals surface area contributed by atoms with Crippen molar-refractivity contribution >= 4 is 39.2 Å². The molecular weight excluding hydrogens is 286 g/mol. The average molecular weight is 302 g/mol. The van der Waals surface area contributed by atoms with Crippen LogP contribution in [0.4, 0.5) is 11.5 Å². The minimum Gasteiger partial charge on any atom is -0.396 e. The zero-order valence-electron chi connectivity index (χ0n) is 9.29. The van der Waals surface area contributed by atoms with E-state index in [1.54, 1.807) is 6.20 Å². The van der Waals surface area contributed by atoms with E-state index in [1.165, 1.54) is 19.3 Å². The van der Waals surface area contributed by atoms with Crippen LogP contribution in [0.5, 0.6) is 0 Å². The second kappa shape index (κ2) is 4.84. The lowest BCUT2D eigenvalue weighted by molar-refractivity contribution is 0.379. The van der Waals surface area contributed by atoms with E-state index < -0.39 is 0 Å². The summed E-state index contributed by atoms with van der Waals surface area (Å²) >= 11 is 5.30. The number of rotatable bonds is 4. The molecule has 3 N–H and O–H groups in total. The lowest BCUT2D eigenvalue weighted by atomic mass is 9.84. The first kappa shape index (κ1) is 12.0. The van der Waals surface area contributed by atoms with E-state index in [2.05, 4.69) is 32.5 Å². The number of halogens is 1. The Morgan fingerprint density at radius 2 is 2.38 bits per heavy atom. The van der Waals surface area contributed by atoms with Gasteiger partial charge in [0.1, 0.15) is 5.82 Å². The van der Waals surface area contributed by atoms with Crippen molar-refractivity contribution in [2.75, 3.05) is 23.9 Å². The van der Waals surface area contributed by atoms with Gasteiger partial charge >= 0.3 is 0 Å². The number of aromatic nitrogens is 1. The molecule has 16 heavy (non-hydrogen) atoms. The van der Waals surface area contributed by atoms with E-state index >= 15 is 0 Å². The maximum atomic E-state index is 5.89. The highest BCUT2D eigenvalue weighted by atomic mass is 79.9. The Labute approximate surface area is 109 Å². The van der Waals surface area contributed by atoms with Crippen LogP contribution in [0.15, 0.2) is 16.7 Å². The lowest BCUT2D eigenvalue weighted by Crippen LogP contribution is -2.40. The standard InChI is InChI=1S/C11H16BrN3S/c1-16-11(3-2-4-11)7-15-10-9(13)5-8(12)6-14-10/h5-6H,2-4,7,13H2,1H3,(H,14,15). The molecule has 0 aliphatic heterocycles. The van der Waals surface area contributed by atoms with Crippen LogP contribution < -0.4 is 11.1 Å². The largest absolute Gasteiger partial charge is 0.396 e.